The molecule has 0 aliphatic rings. The smallest absolute Gasteiger partial charge is 0.128 e. The second-order valence-corrected chi connectivity index (χ2v) is 4.23. The van der Waals surface area contributed by atoms with E-state index < -0.39 is 0 Å². The molecule has 0 aliphatic carbocycles. The lowest BCUT2D eigenvalue weighted by Gasteiger charge is -2.04. The second kappa shape index (κ2) is 5.13. The van der Waals surface area contributed by atoms with Crippen LogP contribution in [-0.4, -0.2) is 22.1 Å². The van der Waals surface area contributed by atoms with Crippen LogP contribution in [0.5, 0.6) is 5.75 Å². The largest absolute Gasteiger partial charge is 0.496 e. The summed E-state index contributed by atoms with van der Waals surface area (Å²) < 4.78 is 19.8. The van der Waals surface area contributed by atoms with Crippen molar-refractivity contribution < 1.29 is 9.13 Å². The van der Waals surface area contributed by atoms with Crippen LogP contribution in [-0.2, 0) is 0 Å². The molecule has 4 nitrogen and oxygen atoms in total. The Morgan fingerprint density at radius 3 is 2.55 bits per heavy atom. The number of rotatable bonds is 3. The zero-order chi connectivity index (χ0) is 13.9. The molecule has 5 heteroatoms. The van der Waals surface area contributed by atoms with E-state index >= 15 is 0 Å². The SMILES string of the molecule is COc1ccccc1-c1cn(-c2ccc(F)cc2)nn1. The van der Waals surface area contributed by atoms with Crippen molar-refractivity contribution in [2.75, 3.05) is 7.11 Å². The third-order valence-electron chi connectivity index (χ3n) is 2.97. The van der Waals surface area contributed by atoms with E-state index in [-0.39, 0.29) is 5.82 Å². The van der Waals surface area contributed by atoms with Gasteiger partial charge in [-0.1, -0.05) is 17.3 Å². The molecule has 0 unspecified atom stereocenters. The van der Waals surface area contributed by atoms with Gasteiger partial charge in [-0.3, -0.25) is 0 Å². The Bertz CT molecular complexity index is 722. The van der Waals surface area contributed by atoms with Crippen molar-refractivity contribution >= 4 is 0 Å². The Morgan fingerprint density at radius 2 is 1.80 bits per heavy atom. The molecule has 20 heavy (non-hydrogen) atoms. The quantitative estimate of drug-likeness (QED) is 0.733. The van der Waals surface area contributed by atoms with Crippen molar-refractivity contribution in [3.05, 3.63) is 60.5 Å². The predicted octanol–water partition coefficient (Wildman–Crippen LogP) is 3.08. The van der Waals surface area contributed by atoms with Crippen LogP contribution in [0, 0.1) is 5.82 Å². The van der Waals surface area contributed by atoms with E-state index in [0.717, 1.165) is 17.0 Å². The van der Waals surface area contributed by atoms with Crippen molar-refractivity contribution in [1.29, 1.82) is 0 Å². The first-order chi connectivity index (χ1) is 9.78. The van der Waals surface area contributed by atoms with Crippen molar-refractivity contribution in [1.82, 2.24) is 15.0 Å². The Balaban J connectivity index is 2.00. The molecule has 0 spiro atoms. The third-order valence-corrected chi connectivity index (χ3v) is 2.97. The number of aromatic nitrogens is 3. The van der Waals surface area contributed by atoms with Crippen LogP contribution in [0.4, 0.5) is 4.39 Å². The summed E-state index contributed by atoms with van der Waals surface area (Å²) in [6.07, 6.45) is 1.78. The van der Waals surface area contributed by atoms with Gasteiger partial charge in [-0.2, -0.15) is 0 Å². The van der Waals surface area contributed by atoms with Crippen molar-refractivity contribution in [3.8, 4) is 22.7 Å². The molecule has 0 saturated heterocycles. The molecule has 100 valence electrons. The van der Waals surface area contributed by atoms with Crippen LogP contribution in [0.15, 0.2) is 54.7 Å². The van der Waals surface area contributed by atoms with Gasteiger partial charge in [0.2, 0.25) is 0 Å². The molecule has 0 N–H and O–H groups in total. The van der Waals surface area contributed by atoms with E-state index in [1.54, 1.807) is 30.1 Å². The molecule has 3 rings (SSSR count). The van der Waals surface area contributed by atoms with Gasteiger partial charge >= 0.3 is 0 Å². The number of hydrogen-bond acceptors (Lipinski definition) is 3. The van der Waals surface area contributed by atoms with Crippen molar-refractivity contribution in [2.24, 2.45) is 0 Å². The van der Waals surface area contributed by atoms with Gasteiger partial charge in [0.05, 0.1) is 19.0 Å². The number of nitrogens with zero attached hydrogens (tertiary/aromatic N) is 3. The number of ether oxygens (including phenoxy) is 1. The minimum absolute atomic E-state index is 0.279. The highest BCUT2D eigenvalue weighted by Gasteiger charge is 2.09. The van der Waals surface area contributed by atoms with Gasteiger partial charge in [0.1, 0.15) is 17.3 Å². The van der Waals surface area contributed by atoms with Crippen LogP contribution < -0.4 is 4.74 Å². The standard InChI is InChI=1S/C15H12FN3O/c1-20-15-5-3-2-4-13(15)14-10-19(18-17-14)12-8-6-11(16)7-9-12/h2-10H,1H3. The second-order valence-electron chi connectivity index (χ2n) is 4.23. The summed E-state index contributed by atoms with van der Waals surface area (Å²) in [7, 11) is 1.61. The van der Waals surface area contributed by atoms with Gasteiger partial charge in [-0.15, -0.1) is 5.10 Å². The van der Waals surface area contributed by atoms with Crippen LogP contribution >= 0.6 is 0 Å². The minimum Gasteiger partial charge on any atom is -0.496 e. The highest BCUT2D eigenvalue weighted by molar-refractivity contribution is 5.66. The maximum atomic E-state index is 12.9. The van der Waals surface area contributed by atoms with Crippen LogP contribution in [0.3, 0.4) is 0 Å². The number of methoxy groups -OCH3 is 1. The zero-order valence-corrected chi connectivity index (χ0v) is 10.8. The molecule has 0 saturated carbocycles. The van der Waals surface area contributed by atoms with Crippen LogP contribution in [0.2, 0.25) is 0 Å². The van der Waals surface area contributed by atoms with E-state index in [4.69, 9.17) is 4.74 Å². The summed E-state index contributed by atoms with van der Waals surface area (Å²) in [5.74, 6) is 0.456. The first-order valence-corrected chi connectivity index (χ1v) is 6.09. The van der Waals surface area contributed by atoms with Gasteiger partial charge < -0.3 is 4.74 Å². The fraction of sp³-hybridized carbons (Fsp3) is 0.0667. The Hall–Kier alpha value is -2.69. The van der Waals surface area contributed by atoms with Crippen LogP contribution in [0.25, 0.3) is 16.9 Å². The molecular weight excluding hydrogens is 257 g/mol. The van der Waals surface area contributed by atoms with E-state index in [1.807, 2.05) is 24.3 Å². The Kier molecular flexibility index (Phi) is 3.16. The number of halogens is 1. The molecule has 0 fully saturated rings. The third kappa shape index (κ3) is 2.25. The maximum absolute atomic E-state index is 12.9. The van der Waals surface area contributed by atoms with Gasteiger partial charge in [-0.05, 0) is 36.4 Å². The van der Waals surface area contributed by atoms with Crippen molar-refractivity contribution in [3.63, 3.8) is 0 Å². The maximum Gasteiger partial charge on any atom is 0.128 e. The summed E-state index contributed by atoms with van der Waals surface area (Å²) in [6.45, 7) is 0. The molecular formula is C15H12FN3O. The number of hydrogen-bond donors (Lipinski definition) is 0. The monoisotopic (exact) mass is 269 g/mol. The van der Waals surface area contributed by atoms with Gasteiger partial charge in [0.25, 0.3) is 0 Å². The summed E-state index contributed by atoms with van der Waals surface area (Å²) in [4.78, 5) is 0. The highest BCUT2D eigenvalue weighted by Crippen LogP contribution is 2.27. The molecule has 0 bridgehead atoms. The molecule has 0 amide bonds. The van der Waals surface area contributed by atoms with Gasteiger partial charge in [-0.25, -0.2) is 9.07 Å². The summed E-state index contributed by atoms with van der Waals surface area (Å²) in [5, 5.41) is 8.19. The van der Waals surface area contributed by atoms with Gasteiger partial charge in [0, 0.05) is 5.56 Å². The summed E-state index contributed by atoms with van der Waals surface area (Å²) >= 11 is 0. The van der Waals surface area contributed by atoms with E-state index in [1.165, 1.54) is 12.1 Å². The average Bonchev–Trinajstić information content (AvgIpc) is 2.97. The summed E-state index contributed by atoms with van der Waals surface area (Å²) in [5.41, 5.74) is 2.31. The first-order valence-electron chi connectivity index (χ1n) is 6.09. The Labute approximate surface area is 115 Å². The molecule has 2 aromatic carbocycles. The molecule has 1 heterocycles. The number of para-hydroxylation sites is 1. The topological polar surface area (TPSA) is 39.9 Å². The minimum atomic E-state index is -0.279. The van der Waals surface area contributed by atoms with E-state index in [2.05, 4.69) is 10.3 Å². The lowest BCUT2D eigenvalue weighted by Crippen LogP contribution is -1.94. The molecule has 3 aromatic rings. The molecule has 0 radical (unpaired) electrons. The predicted molar refractivity (Wildman–Crippen MR) is 73.3 cm³/mol. The van der Waals surface area contributed by atoms with E-state index in [0.29, 0.717) is 5.69 Å². The summed E-state index contributed by atoms with van der Waals surface area (Å²) in [6, 6.07) is 13.7. The number of benzene rings is 2. The zero-order valence-electron chi connectivity index (χ0n) is 10.8. The fourth-order valence-electron chi connectivity index (χ4n) is 1.96. The molecule has 0 aliphatic heterocycles. The molecule has 1 aromatic heterocycles. The normalized spacial score (nSPS) is 10.5. The lowest BCUT2D eigenvalue weighted by molar-refractivity contribution is 0.416. The highest BCUT2D eigenvalue weighted by atomic mass is 19.1. The lowest BCUT2D eigenvalue weighted by atomic mass is 10.1. The molecule has 0 atom stereocenters. The average molecular weight is 269 g/mol. The fourth-order valence-corrected chi connectivity index (χ4v) is 1.96. The van der Waals surface area contributed by atoms with Gasteiger partial charge in [0.15, 0.2) is 0 Å². The van der Waals surface area contributed by atoms with E-state index in [9.17, 15) is 4.39 Å². The first kappa shape index (κ1) is 12.3. The van der Waals surface area contributed by atoms with Crippen molar-refractivity contribution in [2.45, 2.75) is 0 Å². The Morgan fingerprint density at radius 1 is 1.05 bits per heavy atom. The van der Waals surface area contributed by atoms with Crippen LogP contribution in [0.1, 0.15) is 0 Å².